The Balaban J connectivity index is 1.68. The van der Waals surface area contributed by atoms with Crippen LogP contribution in [0.3, 0.4) is 0 Å². The van der Waals surface area contributed by atoms with Gasteiger partial charge in [0.15, 0.2) is 0 Å². The van der Waals surface area contributed by atoms with Crippen molar-refractivity contribution in [3.8, 4) is 22.3 Å². The standard InChI is InChI=1S/C23H16/c1-2-6-16(7-3-1)18-11-12-21-19(14-18)15-23-20-9-5-4-8-17(20)10-13-22(21)23/h1-14H,15H2. The first kappa shape index (κ1) is 12.7. The number of hydrogen-bond donors (Lipinski definition) is 0. The van der Waals surface area contributed by atoms with Crippen molar-refractivity contribution in [3.05, 3.63) is 96.1 Å². The highest BCUT2D eigenvalue weighted by atomic mass is 14.2. The molecule has 4 aromatic rings. The molecule has 0 amide bonds. The van der Waals surface area contributed by atoms with E-state index in [1.165, 1.54) is 44.2 Å². The quantitative estimate of drug-likeness (QED) is 0.351. The first-order valence-corrected chi connectivity index (χ1v) is 8.09. The molecule has 0 radical (unpaired) electrons. The zero-order chi connectivity index (χ0) is 15.2. The lowest BCUT2D eigenvalue weighted by atomic mass is 9.98. The van der Waals surface area contributed by atoms with Crippen molar-refractivity contribution in [1.82, 2.24) is 0 Å². The Hall–Kier alpha value is -2.86. The van der Waals surface area contributed by atoms with Gasteiger partial charge in [-0.05, 0) is 50.6 Å². The molecule has 4 aromatic carbocycles. The molecule has 0 spiro atoms. The minimum atomic E-state index is 1.03. The molecule has 5 rings (SSSR count). The van der Waals surface area contributed by atoms with E-state index < -0.39 is 0 Å². The zero-order valence-electron chi connectivity index (χ0n) is 12.8. The van der Waals surface area contributed by atoms with Gasteiger partial charge in [0.05, 0.1) is 0 Å². The predicted octanol–water partition coefficient (Wildman–Crippen LogP) is 6.08. The van der Waals surface area contributed by atoms with Crippen LogP contribution in [-0.4, -0.2) is 0 Å². The lowest BCUT2D eigenvalue weighted by Crippen LogP contribution is -1.84. The van der Waals surface area contributed by atoms with E-state index in [0.29, 0.717) is 0 Å². The molecule has 0 fully saturated rings. The summed E-state index contributed by atoms with van der Waals surface area (Å²) in [7, 11) is 0. The average molecular weight is 292 g/mol. The van der Waals surface area contributed by atoms with E-state index in [9.17, 15) is 0 Å². The molecule has 0 bridgehead atoms. The fourth-order valence-corrected chi connectivity index (χ4v) is 3.78. The Kier molecular flexibility index (Phi) is 2.65. The topological polar surface area (TPSA) is 0 Å². The molecule has 0 heteroatoms. The Morgan fingerprint density at radius 3 is 2.26 bits per heavy atom. The van der Waals surface area contributed by atoms with Gasteiger partial charge in [0.1, 0.15) is 0 Å². The second-order valence-corrected chi connectivity index (χ2v) is 6.23. The number of rotatable bonds is 1. The fraction of sp³-hybridized carbons (Fsp3) is 0.0435. The molecule has 0 N–H and O–H groups in total. The largest absolute Gasteiger partial charge is 0.0622 e. The lowest BCUT2D eigenvalue weighted by Gasteiger charge is -2.06. The van der Waals surface area contributed by atoms with Crippen LogP contribution in [0.25, 0.3) is 33.0 Å². The van der Waals surface area contributed by atoms with Gasteiger partial charge in [-0.15, -0.1) is 0 Å². The van der Waals surface area contributed by atoms with Crippen molar-refractivity contribution in [3.63, 3.8) is 0 Å². The Morgan fingerprint density at radius 2 is 1.35 bits per heavy atom. The monoisotopic (exact) mass is 292 g/mol. The maximum Gasteiger partial charge on any atom is -0.000706 e. The Labute approximate surface area is 136 Å². The Bertz CT molecular complexity index is 1030. The number of hydrogen-bond acceptors (Lipinski definition) is 0. The highest BCUT2D eigenvalue weighted by molar-refractivity contribution is 5.95. The lowest BCUT2D eigenvalue weighted by molar-refractivity contribution is 1.28. The maximum atomic E-state index is 2.36. The van der Waals surface area contributed by atoms with E-state index >= 15 is 0 Å². The smallest absolute Gasteiger partial charge is 0.000706 e. The van der Waals surface area contributed by atoms with Gasteiger partial charge in [0.2, 0.25) is 0 Å². The first-order chi connectivity index (χ1) is 11.4. The van der Waals surface area contributed by atoms with Gasteiger partial charge in [-0.2, -0.15) is 0 Å². The molecular weight excluding hydrogens is 276 g/mol. The van der Waals surface area contributed by atoms with Crippen LogP contribution in [0, 0.1) is 0 Å². The van der Waals surface area contributed by atoms with Crippen LogP contribution in [0.1, 0.15) is 11.1 Å². The molecule has 1 aliphatic rings. The molecule has 1 aliphatic carbocycles. The molecule has 0 atom stereocenters. The van der Waals surface area contributed by atoms with Crippen LogP contribution >= 0.6 is 0 Å². The predicted molar refractivity (Wildman–Crippen MR) is 97.6 cm³/mol. The summed E-state index contributed by atoms with van der Waals surface area (Å²) >= 11 is 0. The van der Waals surface area contributed by atoms with Crippen molar-refractivity contribution in [2.75, 3.05) is 0 Å². The third-order valence-electron chi connectivity index (χ3n) is 4.91. The van der Waals surface area contributed by atoms with Crippen molar-refractivity contribution in [2.24, 2.45) is 0 Å². The van der Waals surface area contributed by atoms with E-state index in [4.69, 9.17) is 0 Å². The second kappa shape index (κ2) is 4.82. The Morgan fingerprint density at radius 1 is 0.565 bits per heavy atom. The van der Waals surface area contributed by atoms with E-state index in [0.717, 1.165) is 6.42 Å². The van der Waals surface area contributed by atoms with Crippen molar-refractivity contribution < 1.29 is 0 Å². The highest BCUT2D eigenvalue weighted by Gasteiger charge is 2.20. The third kappa shape index (κ3) is 1.92. The molecule has 0 nitrogen and oxygen atoms in total. The zero-order valence-corrected chi connectivity index (χ0v) is 12.8. The van der Waals surface area contributed by atoms with Crippen LogP contribution in [0.15, 0.2) is 84.9 Å². The van der Waals surface area contributed by atoms with Crippen LogP contribution < -0.4 is 0 Å². The molecular formula is C23H16. The van der Waals surface area contributed by atoms with Gasteiger partial charge in [0.25, 0.3) is 0 Å². The summed E-state index contributed by atoms with van der Waals surface area (Å²) < 4.78 is 0. The van der Waals surface area contributed by atoms with Gasteiger partial charge >= 0.3 is 0 Å². The van der Waals surface area contributed by atoms with Crippen LogP contribution in [0.4, 0.5) is 0 Å². The van der Waals surface area contributed by atoms with Crippen molar-refractivity contribution in [1.29, 1.82) is 0 Å². The highest BCUT2D eigenvalue weighted by Crippen LogP contribution is 2.41. The van der Waals surface area contributed by atoms with Gasteiger partial charge in [0, 0.05) is 0 Å². The van der Waals surface area contributed by atoms with Crippen LogP contribution in [0.2, 0.25) is 0 Å². The van der Waals surface area contributed by atoms with E-state index in [1.807, 2.05) is 0 Å². The summed E-state index contributed by atoms with van der Waals surface area (Å²) in [6.07, 6.45) is 1.03. The van der Waals surface area contributed by atoms with Gasteiger partial charge in [-0.25, -0.2) is 0 Å². The van der Waals surface area contributed by atoms with Gasteiger partial charge in [-0.1, -0.05) is 84.9 Å². The summed E-state index contributed by atoms with van der Waals surface area (Å²) in [6, 6.07) is 30.8. The molecule has 0 aliphatic heterocycles. The summed E-state index contributed by atoms with van der Waals surface area (Å²) in [4.78, 5) is 0. The number of fused-ring (bicyclic) bond motifs is 5. The first-order valence-electron chi connectivity index (χ1n) is 8.09. The minimum absolute atomic E-state index is 1.03. The second-order valence-electron chi connectivity index (χ2n) is 6.23. The van der Waals surface area contributed by atoms with Gasteiger partial charge in [-0.3, -0.25) is 0 Å². The molecule has 108 valence electrons. The van der Waals surface area contributed by atoms with Crippen LogP contribution in [0.5, 0.6) is 0 Å². The van der Waals surface area contributed by atoms with E-state index in [-0.39, 0.29) is 0 Å². The number of benzene rings is 4. The average Bonchev–Trinajstić information content (AvgIpc) is 3.00. The molecule has 23 heavy (non-hydrogen) atoms. The summed E-state index contributed by atoms with van der Waals surface area (Å²) in [5.41, 5.74) is 8.31. The summed E-state index contributed by atoms with van der Waals surface area (Å²) in [5, 5.41) is 2.73. The minimum Gasteiger partial charge on any atom is -0.0622 e. The normalized spacial score (nSPS) is 12.2. The maximum absolute atomic E-state index is 2.36. The van der Waals surface area contributed by atoms with Crippen molar-refractivity contribution in [2.45, 2.75) is 6.42 Å². The fourth-order valence-electron chi connectivity index (χ4n) is 3.78. The van der Waals surface area contributed by atoms with Crippen molar-refractivity contribution >= 4 is 10.8 Å². The summed E-state index contributed by atoms with van der Waals surface area (Å²) in [6.45, 7) is 0. The van der Waals surface area contributed by atoms with E-state index in [2.05, 4.69) is 84.9 Å². The van der Waals surface area contributed by atoms with Gasteiger partial charge < -0.3 is 0 Å². The molecule has 0 aromatic heterocycles. The summed E-state index contributed by atoms with van der Waals surface area (Å²) in [5.74, 6) is 0. The van der Waals surface area contributed by atoms with Crippen LogP contribution in [-0.2, 0) is 6.42 Å². The SMILES string of the molecule is c1ccc(-c2ccc3c(c2)Cc2c-3ccc3ccccc23)cc1. The molecule has 0 heterocycles. The molecule has 0 saturated heterocycles. The molecule has 0 saturated carbocycles. The van der Waals surface area contributed by atoms with E-state index in [1.54, 1.807) is 0 Å². The third-order valence-corrected chi connectivity index (χ3v) is 4.91. The molecule has 0 unspecified atom stereocenters.